The maximum absolute atomic E-state index is 7.49. The Hall–Kier alpha value is -3.12. The van der Waals surface area contributed by atoms with Gasteiger partial charge in [0.15, 0.2) is 0 Å². The zero-order valence-corrected chi connectivity index (χ0v) is 12.5. The van der Waals surface area contributed by atoms with Crippen LogP contribution in [0.5, 0.6) is 0 Å². The Labute approximate surface area is 135 Å². The zero-order valence-electron chi connectivity index (χ0n) is 12.5. The van der Waals surface area contributed by atoms with E-state index in [1.54, 1.807) is 0 Å². The molecule has 1 aromatic heterocycles. The second-order valence-corrected chi connectivity index (χ2v) is 5.76. The van der Waals surface area contributed by atoms with E-state index in [0.29, 0.717) is 11.5 Å². The number of hydrogen-bond acceptors (Lipinski definition) is 2. The van der Waals surface area contributed by atoms with E-state index < -0.39 is 0 Å². The fraction of sp³-hybridized carbons (Fsp3) is 0.100. The van der Waals surface area contributed by atoms with Crippen LogP contribution in [0.1, 0.15) is 22.6 Å². The van der Waals surface area contributed by atoms with Gasteiger partial charge in [-0.2, -0.15) is 0 Å². The van der Waals surface area contributed by atoms with E-state index in [9.17, 15) is 0 Å². The fourth-order valence-electron chi connectivity index (χ4n) is 3.46. The van der Waals surface area contributed by atoms with Crippen LogP contribution in [0.2, 0.25) is 0 Å². The second kappa shape index (κ2) is 5.26. The van der Waals surface area contributed by atoms with E-state index in [4.69, 9.17) is 12.3 Å². The zero-order chi connectivity index (χ0) is 15.8. The van der Waals surface area contributed by atoms with Crippen molar-refractivity contribution in [2.45, 2.75) is 12.3 Å². The molecule has 4 rings (SSSR count). The van der Waals surface area contributed by atoms with Gasteiger partial charge in [0.25, 0.3) is 0 Å². The van der Waals surface area contributed by atoms with Crippen LogP contribution < -0.4 is 5.73 Å². The Balaban J connectivity index is 1.99. The van der Waals surface area contributed by atoms with Crippen molar-refractivity contribution in [1.82, 2.24) is 4.98 Å². The molecule has 0 spiro atoms. The Morgan fingerprint density at radius 3 is 2.57 bits per heavy atom. The molecule has 3 nitrogen and oxygen atoms in total. The normalized spacial score (nSPS) is 15.3. The van der Waals surface area contributed by atoms with Gasteiger partial charge < -0.3 is 5.73 Å². The van der Waals surface area contributed by atoms with Crippen molar-refractivity contribution in [3.8, 4) is 11.1 Å². The van der Waals surface area contributed by atoms with Crippen LogP contribution in [0.25, 0.3) is 16.0 Å². The standard InChI is InChI=1S/C20H15N3/c1-22-19-18-14(12-23-20(19)21)11-17(13-7-3-2-4-8-13)15-9-5-6-10-16(15)18/h2-10,12,17H,11H2,(H2,21,23). The summed E-state index contributed by atoms with van der Waals surface area (Å²) in [6, 6.07) is 18.8. The third-order valence-corrected chi connectivity index (χ3v) is 4.50. The molecular weight excluding hydrogens is 282 g/mol. The van der Waals surface area contributed by atoms with E-state index in [2.05, 4.69) is 52.3 Å². The van der Waals surface area contributed by atoms with Gasteiger partial charge in [-0.05, 0) is 34.2 Å². The van der Waals surface area contributed by atoms with Crippen LogP contribution in [0, 0.1) is 6.57 Å². The Bertz CT molecular complexity index is 923. The van der Waals surface area contributed by atoms with Crippen LogP contribution in [0.15, 0.2) is 60.8 Å². The molecule has 23 heavy (non-hydrogen) atoms. The number of hydrogen-bond donors (Lipinski definition) is 1. The topological polar surface area (TPSA) is 43.3 Å². The van der Waals surface area contributed by atoms with Gasteiger partial charge >= 0.3 is 0 Å². The fourth-order valence-corrected chi connectivity index (χ4v) is 3.46. The highest BCUT2D eigenvalue weighted by Crippen LogP contribution is 2.47. The molecule has 0 saturated carbocycles. The third-order valence-electron chi connectivity index (χ3n) is 4.50. The molecule has 0 saturated heterocycles. The molecule has 0 radical (unpaired) electrons. The molecule has 0 fully saturated rings. The van der Waals surface area contributed by atoms with Crippen molar-refractivity contribution in [3.63, 3.8) is 0 Å². The quantitative estimate of drug-likeness (QED) is 0.669. The van der Waals surface area contributed by atoms with Gasteiger partial charge in [-0.25, -0.2) is 4.85 Å². The molecule has 1 atom stereocenters. The van der Waals surface area contributed by atoms with Crippen molar-refractivity contribution in [2.24, 2.45) is 0 Å². The van der Waals surface area contributed by atoms with Crippen LogP contribution >= 0.6 is 0 Å². The number of benzene rings is 2. The summed E-state index contributed by atoms with van der Waals surface area (Å²) >= 11 is 0. The predicted octanol–water partition coefficient (Wildman–Crippen LogP) is 4.57. The number of nitrogens with two attached hydrogens (primary N) is 1. The van der Waals surface area contributed by atoms with Crippen LogP contribution in [0.3, 0.4) is 0 Å². The van der Waals surface area contributed by atoms with Crippen molar-refractivity contribution in [2.75, 3.05) is 5.73 Å². The van der Waals surface area contributed by atoms with E-state index in [1.165, 1.54) is 11.1 Å². The van der Waals surface area contributed by atoms with E-state index in [-0.39, 0.29) is 5.92 Å². The lowest BCUT2D eigenvalue weighted by molar-refractivity contribution is 0.791. The summed E-state index contributed by atoms with van der Waals surface area (Å²) in [7, 11) is 0. The molecule has 3 heteroatoms. The minimum atomic E-state index is 0.281. The summed E-state index contributed by atoms with van der Waals surface area (Å²) in [4.78, 5) is 7.87. The molecule has 1 aliphatic carbocycles. The van der Waals surface area contributed by atoms with Crippen LogP contribution in [-0.2, 0) is 6.42 Å². The number of anilines is 1. The largest absolute Gasteiger partial charge is 0.392 e. The molecule has 1 heterocycles. The average Bonchev–Trinajstić information content (AvgIpc) is 2.62. The van der Waals surface area contributed by atoms with Crippen molar-refractivity contribution in [1.29, 1.82) is 0 Å². The molecule has 1 unspecified atom stereocenters. The second-order valence-electron chi connectivity index (χ2n) is 5.76. The lowest BCUT2D eigenvalue weighted by atomic mass is 9.76. The van der Waals surface area contributed by atoms with Gasteiger partial charge in [0.1, 0.15) is 5.82 Å². The van der Waals surface area contributed by atoms with Crippen molar-refractivity contribution < 1.29 is 0 Å². The highest BCUT2D eigenvalue weighted by Gasteiger charge is 2.28. The molecule has 0 amide bonds. The smallest absolute Gasteiger partial charge is 0.235 e. The van der Waals surface area contributed by atoms with Crippen LogP contribution in [-0.4, -0.2) is 4.98 Å². The van der Waals surface area contributed by atoms with E-state index in [0.717, 1.165) is 23.1 Å². The highest BCUT2D eigenvalue weighted by atomic mass is 14.9. The Kier molecular flexibility index (Phi) is 3.09. The minimum Gasteiger partial charge on any atom is -0.392 e. The van der Waals surface area contributed by atoms with Crippen molar-refractivity contribution >= 4 is 11.5 Å². The number of fused-ring (bicyclic) bond motifs is 3. The number of nitrogens with zero attached hydrogens (tertiary/aromatic N) is 2. The lowest BCUT2D eigenvalue weighted by Crippen LogP contribution is -2.13. The Morgan fingerprint density at radius 2 is 1.78 bits per heavy atom. The third kappa shape index (κ3) is 2.08. The highest BCUT2D eigenvalue weighted by molar-refractivity contribution is 5.90. The summed E-state index contributed by atoms with van der Waals surface area (Å²) in [6.07, 6.45) is 2.66. The van der Waals surface area contributed by atoms with Gasteiger partial charge in [-0.3, -0.25) is 4.98 Å². The number of pyridine rings is 1. The summed E-state index contributed by atoms with van der Waals surface area (Å²) < 4.78 is 0. The monoisotopic (exact) mass is 297 g/mol. The maximum atomic E-state index is 7.49. The summed E-state index contributed by atoms with van der Waals surface area (Å²) in [5, 5.41) is 0. The van der Waals surface area contributed by atoms with E-state index >= 15 is 0 Å². The maximum Gasteiger partial charge on any atom is 0.235 e. The van der Waals surface area contributed by atoms with Gasteiger partial charge in [-0.1, -0.05) is 54.6 Å². The lowest BCUT2D eigenvalue weighted by Gasteiger charge is -2.29. The predicted molar refractivity (Wildman–Crippen MR) is 92.3 cm³/mol. The van der Waals surface area contributed by atoms with Crippen molar-refractivity contribution in [3.05, 3.63) is 88.9 Å². The molecule has 3 aromatic rings. The SMILES string of the molecule is [C-]#[N+]c1c(N)ncc2c1-c1ccccc1C(c1ccccc1)C2. The molecule has 2 N–H and O–H groups in total. The number of nitrogen functional groups attached to an aromatic ring is 1. The minimum absolute atomic E-state index is 0.281. The van der Waals surface area contributed by atoms with Gasteiger partial charge in [0.05, 0.1) is 6.57 Å². The summed E-state index contributed by atoms with van der Waals surface area (Å²) in [5.74, 6) is 0.593. The summed E-state index contributed by atoms with van der Waals surface area (Å²) in [5.41, 5.74) is 12.1. The van der Waals surface area contributed by atoms with Gasteiger partial charge in [0, 0.05) is 12.1 Å². The number of aromatic nitrogens is 1. The molecular formula is C20H15N3. The molecule has 0 aliphatic heterocycles. The molecule has 2 aromatic carbocycles. The first-order valence-corrected chi connectivity index (χ1v) is 7.58. The van der Waals surface area contributed by atoms with E-state index in [1.807, 2.05) is 18.3 Å². The first-order chi connectivity index (χ1) is 11.3. The molecule has 0 bridgehead atoms. The summed E-state index contributed by atoms with van der Waals surface area (Å²) in [6.45, 7) is 7.49. The first kappa shape index (κ1) is 13.5. The van der Waals surface area contributed by atoms with Crippen LogP contribution in [0.4, 0.5) is 11.5 Å². The molecule has 110 valence electrons. The van der Waals surface area contributed by atoms with Gasteiger partial charge in [0.2, 0.25) is 5.69 Å². The number of rotatable bonds is 1. The molecule has 1 aliphatic rings. The average molecular weight is 297 g/mol. The first-order valence-electron chi connectivity index (χ1n) is 7.58. The van der Waals surface area contributed by atoms with Gasteiger partial charge in [-0.15, -0.1) is 0 Å². The Morgan fingerprint density at radius 1 is 1.04 bits per heavy atom.